The third-order valence-electron chi connectivity index (χ3n) is 2.86. The highest BCUT2D eigenvalue weighted by molar-refractivity contribution is 6.55. The van der Waals surface area contributed by atoms with E-state index >= 15 is 0 Å². The van der Waals surface area contributed by atoms with Gasteiger partial charge in [-0.3, -0.25) is 0 Å². The van der Waals surface area contributed by atoms with E-state index in [4.69, 9.17) is 37.9 Å². The molecule has 0 radical (unpaired) electrons. The van der Waals surface area contributed by atoms with E-state index in [1.54, 1.807) is 13.0 Å². The Morgan fingerprint density at radius 1 is 1.24 bits per heavy atom. The molecule has 0 saturated carbocycles. The Kier molecular flexibility index (Phi) is 7.40. The molecule has 4 nitrogen and oxygen atoms in total. The minimum Gasteiger partial charge on any atom is -0.489 e. The number of hydrogen-bond donors (Lipinski definition) is 1. The minimum absolute atomic E-state index is 0.177. The van der Waals surface area contributed by atoms with Gasteiger partial charge in [0.25, 0.3) is 0 Å². The lowest BCUT2D eigenvalue weighted by Gasteiger charge is -2.15. The molecule has 6 heteroatoms. The fraction of sp³-hybridized carbons (Fsp3) is 0.400. The lowest BCUT2D eigenvalue weighted by molar-refractivity contribution is 0.302. The van der Waals surface area contributed by atoms with Crippen molar-refractivity contribution >= 4 is 29.1 Å². The van der Waals surface area contributed by atoms with E-state index < -0.39 is 0 Å². The summed E-state index contributed by atoms with van der Waals surface area (Å²) in [6.45, 7) is 5.93. The van der Waals surface area contributed by atoms with E-state index in [2.05, 4.69) is 5.16 Å². The van der Waals surface area contributed by atoms with Crippen molar-refractivity contribution in [2.24, 2.45) is 5.16 Å². The van der Waals surface area contributed by atoms with E-state index in [1.165, 1.54) is 0 Å². The largest absolute Gasteiger partial charge is 0.489 e. The molecule has 0 fully saturated rings. The van der Waals surface area contributed by atoms with Gasteiger partial charge in [0.1, 0.15) is 22.6 Å². The van der Waals surface area contributed by atoms with Crippen LogP contribution in [0.25, 0.3) is 0 Å². The molecule has 0 bridgehead atoms. The zero-order chi connectivity index (χ0) is 15.8. The third-order valence-corrected chi connectivity index (χ3v) is 3.16. The van der Waals surface area contributed by atoms with Gasteiger partial charge in [0.05, 0.1) is 0 Å². The molecule has 21 heavy (non-hydrogen) atoms. The first-order chi connectivity index (χ1) is 10.0. The molecule has 0 saturated heterocycles. The van der Waals surface area contributed by atoms with E-state index in [0.717, 1.165) is 29.7 Å². The maximum absolute atomic E-state index is 8.75. The molecule has 0 spiro atoms. The van der Waals surface area contributed by atoms with E-state index in [9.17, 15) is 0 Å². The zero-order valence-electron chi connectivity index (χ0n) is 12.3. The molecule has 0 atom stereocenters. The van der Waals surface area contributed by atoms with Gasteiger partial charge in [-0.25, -0.2) is 0 Å². The quantitative estimate of drug-likeness (QED) is 0.356. The Bertz CT molecular complexity index is 513. The summed E-state index contributed by atoms with van der Waals surface area (Å²) in [5, 5.41) is 11.8. The molecular formula is C15H19Cl2NO3. The first-order valence-electron chi connectivity index (χ1n) is 6.68. The van der Waals surface area contributed by atoms with Crippen LogP contribution in [0, 0.1) is 0 Å². The Labute approximate surface area is 135 Å². The number of halogens is 2. The average Bonchev–Trinajstić information content (AvgIpc) is 2.47. The lowest BCUT2D eigenvalue weighted by Crippen LogP contribution is -2.08. The lowest BCUT2D eigenvalue weighted by atomic mass is 10.0. The number of aryl methyl sites for hydroxylation is 2. The summed E-state index contributed by atoms with van der Waals surface area (Å²) in [6.07, 6.45) is 3.11. The van der Waals surface area contributed by atoms with E-state index in [0.29, 0.717) is 12.4 Å². The molecular weight excluding hydrogens is 313 g/mol. The monoisotopic (exact) mass is 331 g/mol. The second-order valence-corrected chi connectivity index (χ2v) is 5.31. The number of hydrogen-bond acceptors (Lipinski definition) is 4. The van der Waals surface area contributed by atoms with E-state index in [-0.39, 0.29) is 10.4 Å². The Morgan fingerprint density at radius 2 is 1.81 bits per heavy atom. The summed E-state index contributed by atoms with van der Waals surface area (Å²) < 4.78 is 11.4. The maximum atomic E-state index is 8.75. The van der Waals surface area contributed by atoms with E-state index in [1.807, 2.05) is 26.0 Å². The van der Waals surface area contributed by atoms with Gasteiger partial charge in [0, 0.05) is 6.92 Å². The first kappa shape index (κ1) is 17.7. The highest BCUT2D eigenvalue weighted by Gasteiger charge is 2.12. The van der Waals surface area contributed by atoms with Crippen LogP contribution in [-0.4, -0.2) is 17.7 Å². The van der Waals surface area contributed by atoms with Crippen molar-refractivity contribution in [2.45, 2.75) is 33.6 Å². The highest BCUT2D eigenvalue weighted by atomic mass is 35.5. The van der Waals surface area contributed by atoms with Crippen LogP contribution in [0.3, 0.4) is 0 Å². The van der Waals surface area contributed by atoms with Gasteiger partial charge in [0.2, 0.25) is 5.90 Å². The topological polar surface area (TPSA) is 51.0 Å². The number of benzene rings is 1. The second kappa shape index (κ2) is 8.80. The molecule has 1 rings (SSSR count). The van der Waals surface area contributed by atoms with Crippen LogP contribution in [0.5, 0.6) is 11.5 Å². The zero-order valence-corrected chi connectivity index (χ0v) is 13.8. The molecule has 0 aliphatic rings. The van der Waals surface area contributed by atoms with Gasteiger partial charge in [-0.05, 0) is 42.2 Å². The number of ether oxygens (including phenoxy) is 2. The summed E-state index contributed by atoms with van der Waals surface area (Å²) in [5.74, 6) is 1.64. The van der Waals surface area contributed by atoms with Crippen molar-refractivity contribution in [1.82, 2.24) is 0 Å². The summed E-state index contributed by atoms with van der Waals surface area (Å²) in [4.78, 5) is 0. The van der Waals surface area contributed by atoms with Gasteiger partial charge in [-0.1, -0.05) is 42.2 Å². The van der Waals surface area contributed by atoms with Crippen LogP contribution in [0.1, 0.15) is 31.9 Å². The van der Waals surface area contributed by atoms with Crippen LogP contribution in [0.2, 0.25) is 0 Å². The van der Waals surface area contributed by atoms with Crippen molar-refractivity contribution in [1.29, 1.82) is 0 Å². The second-order valence-electron chi connectivity index (χ2n) is 4.30. The molecule has 0 aliphatic carbocycles. The molecule has 0 aliphatic heterocycles. The molecule has 0 unspecified atom stereocenters. The van der Waals surface area contributed by atoms with Crippen LogP contribution < -0.4 is 9.47 Å². The highest BCUT2D eigenvalue weighted by Crippen LogP contribution is 2.31. The number of rotatable bonds is 6. The van der Waals surface area contributed by atoms with Crippen molar-refractivity contribution in [3.8, 4) is 11.5 Å². The maximum Gasteiger partial charge on any atom is 0.228 e. The van der Waals surface area contributed by atoms with Gasteiger partial charge in [-0.15, -0.1) is 0 Å². The predicted molar refractivity (Wildman–Crippen MR) is 86.0 cm³/mol. The first-order valence-corrected chi connectivity index (χ1v) is 7.43. The van der Waals surface area contributed by atoms with Crippen LogP contribution in [0.15, 0.2) is 27.9 Å². The minimum atomic E-state index is 0.177. The van der Waals surface area contributed by atoms with Crippen molar-refractivity contribution in [3.63, 3.8) is 0 Å². The molecule has 0 aromatic heterocycles. The van der Waals surface area contributed by atoms with Gasteiger partial charge in [-0.2, -0.15) is 0 Å². The SMILES string of the molecule is CCc1cc(OCC=C(Cl)Cl)cc(CC)c1OC(C)=NO. The molecule has 0 heterocycles. The standard InChI is InChI=1S/C15H19Cl2NO3/c1-4-11-8-13(20-7-6-14(16)17)9-12(5-2)15(11)21-10(3)18-19/h6,8-9,19H,4-5,7H2,1-3H3. The fourth-order valence-electron chi connectivity index (χ4n) is 1.83. The molecule has 116 valence electrons. The van der Waals surface area contributed by atoms with Crippen LogP contribution in [-0.2, 0) is 12.8 Å². The predicted octanol–water partition coefficient (Wildman–Crippen LogP) is 4.70. The number of oxime groups is 1. The van der Waals surface area contributed by atoms with Crippen molar-refractivity contribution < 1.29 is 14.7 Å². The van der Waals surface area contributed by atoms with Crippen molar-refractivity contribution in [2.75, 3.05) is 6.61 Å². The van der Waals surface area contributed by atoms with Crippen LogP contribution >= 0.6 is 23.2 Å². The summed E-state index contributed by atoms with van der Waals surface area (Å²) >= 11 is 11.1. The summed E-state index contributed by atoms with van der Waals surface area (Å²) in [5.41, 5.74) is 1.96. The van der Waals surface area contributed by atoms with Gasteiger partial charge >= 0.3 is 0 Å². The van der Waals surface area contributed by atoms with Gasteiger partial charge < -0.3 is 14.7 Å². The molecule has 1 N–H and O–H groups in total. The Balaban J connectivity index is 3.08. The summed E-state index contributed by atoms with van der Waals surface area (Å²) in [6, 6.07) is 3.80. The molecule has 0 amide bonds. The van der Waals surface area contributed by atoms with Gasteiger partial charge in [0.15, 0.2) is 0 Å². The Morgan fingerprint density at radius 3 is 2.24 bits per heavy atom. The normalized spacial score (nSPS) is 11.2. The Hall–Kier alpha value is -1.39. The van der Waals surface area contributed by atoms with Crippen molar-refractivity contribution in [3.05, 3.63) is 33.8 Å². The summed E-state index contributed by atoms with van der Waals surface area (Å²) in [7, 11) is 0. The fourth-order valence-corrected chi connectivity index (χ4v) is 1.96. The third kappa shape index (κ3) is 5.48. The number of nitrogens with zero attached hydrogens (tertiary/aromatic N) is 1. The molecule has 1 aromatic rings. The smallest absolute Gasteiger partial charge is 0.228 e. The molecule has 1 aromatic carbocycles. The average molecular weight is 332 g/mol. The van der Waals surface area contributed by atoms with Crippen LogP contribution in [0.4, 0.5) is 0 Å².